The first kappa shape index (κ1) is 14.6. The van der Waals surface area contributed by atoms with E-state index in [0.717, 1.165) is 0 Å². The fourth-order valence-electron chi connectivity index (χ4n) is 0.901. The summed E-state index contributed by atoms with van der Waals surface area (Å²) in [6.07, 6.45) is -3.08. The first-order valence-electron chi connectivity index (χ1n) is 4.75. The van der Waals surface area contributed by atoms with Crippen molar-refractivity contribution >= 4 is 0 Å². The first-order valence-corrected chi connectivity index (χ1v) is 4.75. The van der Waals surface area contributed by atoms with E-state index in [-0.39, 0.29) is 13.2 Å². The standard InChI is InChI=1S/C9H17F4NO/c1-3-8(2,6-15)4-14-5-9(12,13)7(10)11/h7,14-15H,3-6H2,1-2H3. The summed E-state index contributed by atoms with van der Waals surface area (Å²) in [6, 6.07) is 0. The van der Waals surface area contributed by atoms with Crippen molar-refractivity contribution in [1.29, 1.82) is 0 Å². The summed E-state index contributed by atoms with van der Waals surface area (Å²) in [5.41, 5.74) is -0.543. The third-order valence-electron chi connectivity index (χ3n) is 2.47. The van der Waals surface area contributed by atoms with Gasteiger partial charge in [0.1, 0.15) is 0 Å². The second kappa shape index (κ2) is 5.65. The Bertz CT molecular complexity index is 178. The molecule has 1 atom stereocenters. The average Bonchev–Trinajstić information content (AvgIpc) is 2.17. The van der Waals surface area contributed by atoms with E-state index >= 15 is 0 Å². The van der Waals surface area contributed by atoms with E-state index in [0.29, 0.717) is 6.42 Å². The lowest BCUT2D eigenvalue weighted by atomic mass is 9.88. The molecule has 0 saturated carbocycles. The summed E-state index contributed by atoms with van der Waals surface area (Å²) in [7, 11) is 0. The minimum absolute atomic E-state index is 0.0856. The maximum atomic E-state index is 12.5. The highest BCUT2D eigenvalue weighted by Crippen LogP contribution is 2.23. The van der Waals surface area contributed by atoms with Crippen LogP contribution >= 0.6 is 0 Å². The number of alkyl halides is 4. The Labute approximate surface area is 86.7 Å². The lowest BCUT2D eigenvalue weighted by Crippen LogP contribution is -2.43. The van der Waals surface area contributed by atoms with Crippen molar-refractivity contribution in [3.8, 4) is 0 Å². The maximum absolute atomic E-state index is 12.5. The van der Waals surface area contributed by atoms with Gasteiger partial charge < -0.3 is 10.4 Å². The zero-order valence-electron chi connectivity index (χ0n) is 8.86. The van der Waals surface area contributed by atoms with Gasteiger partial charge in [0.05, 0.1) is 6.54 Å². The van der Waals surface area contributed by atoms with Crippen LogP contribution in [0.1, 0.15) is 20.3 Å². The van der Waals surface area contributed by atoms with Gasteiger partial charge in [-0.3, -0.25) is 0 Å². The van der Waals surface area contributed by atoms with E-state index < -0.39 is 24.3 Å². The van der Waals surface area contributed by atoms with Crippen LogP contribution in [0.15, 0.2) is 0 Å². The second-order valence-corrected chi connectivity index (χ2v) is 3.99. The molecule has 0 bridgehead atoms. The second-order valence-electron chi connectivity index (χ2n) is 3.99. The Hall–Kier alpha value is -0.360. The van der Waals surface area contributed by atoms with Crippen molar-refractivity contribution < 1.29 is 22.7 Å². The van der Waals surface area contributed by atoms with Crippen molar-refractivity contribution in [2.24, 2.45) is 5.41 Å². The molecule has 0 fully saturated rings. The van der Waals surface area contributed by atoms with Crippen LogP contribution in [-0.4, -0.2) is 37.2 Å². The van der Waals surface area contributed by atoms with E-state index in [1.807, 2.05) is 0 Å². The van der Waals surface area contributed by atoms with Gasteiger partial charge in [0.15, 0.2) is 0 Å². The highest BCUT2D eigenvalue weighted by atomic mass is 19.3. The molecule has 2 nitrogen and oxygen atoms in total. The average molecular weight is 231 g/mol. The van der Waals surface area contributed by atoms with Gasteiger partial charge in [0.25, 0.3) is 0 Å². The third kappa shape index (κ3) is 4.79. The molecule has 0 aromatic rings. The molecule has 1 unspecified atom stereocenters. The molecule has 92 valence electrons. The van der Waals surface area contributed by atoms with Gasteiger partial charge in [-0.1, -0.05) is 13.8 Å². The lowest BCUT2D eigenvalue weighted by Gasteiger charge is -2.27. The topological polar surface area (TPSA) is 32.3 Å². The number of nitrogens with one attached hydrogen (secondary N) is 1. The molecule has 0 heterocycles. The minimum atomic E-state index is -4.01. The van der Waals surface area contributed by atoms with Gasteiger partial charge in [-0.15, -0.1) is 0 Å². The Morgan fingerprint density at radius 2 is 1.80 bits per heavy atom. The van der Waals surface area contributed by atoms with Crippen LogP contribution in [0.25, 0.3) is 0 Å². The smallest absolute Gasteiger partial charge is 0.319 e. The molecular formula is C9H17F4NO. The fraction of sp³-hybridized carbons (Fsp3) is 1.00. The summed E-state index contributed by atoms with van der Waals surface area (Å²) >= 11 is 0. The van der Waals surface area contributed by atoms with Crippen LogP contribution < -0.4 is 5.32 Å². The number of aliphatic hydroxyl groups excluding tert-OH is 1. The van der Waals surface area contributed by atoms with E-state index in [9.17, 15) is 17.6 Å². The number of halogens is 4. The number of aliphatic hydroxyl groups is 1. The SMILES string of the molecule is CCC(C)(CO)CNCC(F)(F)C(F)F. The lowest BCUT2D eigenvalue weighted by molar-refractivity contribution is -0.126. The summed E-state index contributed by atoms with van der Waals surface area (Å²) < 4.78 is 48.4. The van der Waals surface area contributed by atoms with Crippen LogP contribution in [0.5, 0.6) is 0 Å². The molecule has 6 heteroatoms. The molecule has 0 aliphatic carbocycles. The van der Waals surface area contributed by atoms with Crippen molar-refractivity contribution in [1.82, 2.24) is 5.32 Å². The normalized spacial score (nSPS) is 16.8. The highest BCUT2D eigenvalue weighted by Gasteiger charge is 2.40. The molecule has 0 aliphatic heterocycles. The predicted octanol–water partition coefficient (Wildman–Crippen LogP) is 1.88. The van der Waals surface area contributed by atoms with Gasteiger partial charge in [-0.05, 0) is 6.42 Å². The van der Waals surface area contributed by atoms with Crippen LogP contribution in [-0.2, 0) is 0 Å². The molecule has 0 amide bonds. The minimum Gasteiger partial charge on any atom is -0.396 e. The maximum Gasteiger partial charge on any atom is 0.319 e. The summed E-state index contributed by atoms with van der Waals surface area (Å²) in [5, 5.41) is 11.2. The Balaban J connectivity index is 3.98. The Morgan fingerprint density at radius 3 is 2.13 bits per heavy atom. The van der Waals surface area contributed by atoms with Gasteiger partial charge in [0.2, 0.25) is 0 Å². The molecule has 0 aromatic heterocycles. The monoisotopic (exact) mass is 231 g/mol. The van der Waals surface area contributed by atoms with Gasteiger partial charge in [-0.25, -0.2) is 8.78 Å². The third-order valence-corrected chi connectivity index (χ3v) is 2.47. The number of hydrogen-bond acceptors (Lipinski definition) is 2. The molecule has 0 radical (unpaired) electrons. The molecular weight excluding hydrogens is 214 g/mol. The van der Waals surface area contributed by atoms with Crippen LogP contribution in [0.2, 0.25) is 0 Å². The predicted molar refractivity (Wildman–Crippen MR) is 49.3 cm³/mol. The first-order chi connectivity index (χ1) is 6.77. The van der Waals surface area contributed by atoms with Crippen LogP contribution in [0, 0.1) is 5.41 Å². The van der Waals surface area contributed by atoms with Crippen LogP contribution in [0.3, 0.4) is 0 Å². The Kier molecular flexibility index (Phi) is 5.51. The number of hydrogen-bond donors (Lipinski definition) is 2. The Morgan fingerprint density at radius 1 is 1.27 bits per heavy atom. The van der Waals surface area contributed by atoms with Crippen LogP contribution in [0.4, 0.5) is 17.6 Å². The van der Waals surface area contributed by atoms with Crippen molar-refractivity contribution in [3.05, 3.63) is 0 Å². The molecule has 0 saturated heterocycles. The van der Waals surface area contributed by atoms with Crippen molar-refractivity contribution in [3.63, 3.8) is 0 Å². The summed E-state index contributed by atoms with van der Waals surface area (Å²) in [5.74, 6) is -4.01. The highest BCUT2D eigenvalue weighted by molar-refractivity contribution is 4.78. The zero-order chi connectivity index (χ0) is 12.1. The van der Waals surface area contributed by atoms with Gasteiger partial charge >= 0.3 is 12.3 Å². The molecule has 2 N–H and O–H groups in total. The largest absolute Gasteiger partial charge is 0.396 e. The van der Waals surface area contributed by atoms with E-state index in [1.165, 1.54) is 0 Å². The van der Waals surface area contributed by atoms with E-state index in [4.69, 9.17) is 5.11 Å². The van der Waals surface area contributed by atoms with E-state index in [2.05, 4.69) is 5.32 Å². The molecule has 0 aromatic carbocycles. The molecule has 0 rings (SSSR count). The van der Waals surface area contributed by atoms with Crippen molar-refractivity contribution in [2.75, 3.05) is 19.7 Å². The summed E-state index contributed by atoms with van der Waals surface area (Å²) in [6.45, 7) is 2.34. The van der Waals surface area contributed by atoms with E-state index in [1.54, 1.807) is 13.8 Å². The molecule has 15 heavy (non-hydrogen) atoms. The molecule has 0 spiro atoms. The van der Waals surface area contributed by atoms with Crippen molar-refractivity contribution in [2.45, 2.75) is 32.6 Å². The summed E-state index contributed by atoms with van der Waals surface area (Å²) in [4.78, 5) is 0. The van der Waals surface area contributed by atoms with Gasteiger partial charge in [0, 0.05) is 18.6 Å². The zero-order valence-corrected chi connectivity index (χ0v) is 8.86. The number of rotatable bonds is 7. The fourth-order valence-corrected chi connectivity index (χ4v) is 0.901. The van der Waals surface area contributed by atoms with Gasteiger partial charge in [-0.2, -0.15) is 8.78 Å². The quantitative estimate of drug-likeness (QED) is 0.656. The molecule has 0 aliphatic rings.